The van der Waals surface area contributed by atoms with Crippen molar-refractivity contribution in [1.82, 2.24) is 9.47 Å². The minimum atomic E-state index is -0.317. The fraction of sp³-hybridized carbons (Fsp3) is 0.439. The molecule has 0 radical (unpaired) electrons. The van der Waals surface area contributed by atoms with E-state index >= 15 is 0 Å². The third-order valence-corrected chi connectivity index (χ3v) is 10.3. The summed E-state index contributed by atoms with van der Waals surface area (Å²) < 4.78 is 18.0. The molecule has 3 aromatic carbocycles. The Labute approximate surface area is 320 Å². The van der Waals surface area contributed by atoms with Crippen molar-refractivity contribution >= 4 is 62.0 Å². The lowest BCUT2D eigenvalue weighted by Crippen LogP contribution is -2.36. The number of halogens is 2. The second-order valence-corrected chi connectivity index (χ2v) is 14.4. The first-order valence-corrected chi connectivity index (χ1v) is 19.3. The van der Waals surface area contributed by atoms with E-state index in [2.05, 4.69) is 27.8 Å². The predicted octanol–water partition coefficient (Wildman–Crippen LogP) is 9.77. The molecular formula is C41H51BrClN3O6. The number of aromatic nitrogens is 1. The topological polar surface area (TPSA) is 113 Å². The molecule has 1 saturated carbocycles. The second-order valence-electron chi connectivity index (χ2n) is 13.1. The van der Waals surface area contributed by atoms with Gasteiger partial charge in [-0.3, -0.25) is 19.1 Å². The van der Waals surface area contributed by atoms with Crippen LogP contribution in [0.15, 0.2) is 65.1 Å². The molecule has 1 heterocycles. The Balaban J connectivity index is 0.000000249. The summed E-state index contributed by atoms with van der Waals surface area (Å²) in [6.07, 6.45) is 9.86. The fourth-order valence-corrected chi connectivity index (χ4v) is 7.19. The number of carbonyl (C=O) groups is 3. The zero-order valence-corrected chi connectivity index (χ0v) is 33.1. The maximum absolute atomic E-state index is 12.7. The zero-order chi connectivity index (χ0) is 37.6. The number of aryl methyl sites for hydroxylation is 1. The van der Waals surface area contributed by atoms with Crippen molar-refractivity contribution in [3.05, 3.63) is 92.5 Å². The molecule has 0 bridgehead atoms. The number of anilines is 1. The minimum Gasteiger partial charge on any atom is -0.497 e. The maximum atomic E-state index is 12.7. The Bertz CT molecular complexity index is 1800. The normalized spacial score (nSPS) is 13.1. The van der Waals surface area contributed by atoms with Crippen LogP contribution in [0.25, 0.3) is 10.9 Å². The summed E-state index contributed by atoms with van der Waals surface area (Å²) in [5.41, 5.74) is 10.9. The van der Waals surface area contributed by atoms with Gasteiger partial charge in [0.25, 0.3) is 5.91 Å². The van der Waals surface area contributed by atoms with Crippen LogP contribution >= 0.6 is 27.5 Å². The average Bonchev–Trinajstić information content (AvgIpc) is 3.48. The Morgan fingerprint density at radius 1 is 0.904 bits per heavy atom. The van der Waals surface area contributed by atoms with E-state index in [4.69, 9.17) is 31.5 Å². The van der Waals surface area contributed by atoms with Crippen molar-refractivity contribution in [2.45, 2.75) is 91.1 Å². The molecule has 1 aliphatic carbocycles. The summed E-state index contributed by atoms with van der Waals surface area (Å²) in [5.74, 6) is 0.147. The van der Waals surface area contributed by atoms with Gasteiger partial charge in [0, 0.05) is 45.6 Å². The molecule has 1 aliphatic rings. The van der Waals surface area contributed by atoms with E-state index in [1.54, 1.807) is 42.0 Å². The van der Waals surface area contributed by atoms with Gasteiger partial charge in [-0.25, -0.2) is 4.79 Å². The van der Waals surface area contributed by atoms with Gasteiger partial charge in [-0.05, 0) is 134 Å². The van der Waals surface area contributed by atoms with Crippen LogP contribution in [0.1, 0.15) is 104 Å². The van der Waals surface area contributed by atoms with Crippen LogP contribution in [0.3, 0.4) is 0 Å². The number of methoxy groups -OCH3 is 1. The first kappa shape index (κ1) is 40.9. The number of ether oxygens (including phenoxy) is 3. The van der Waals surface area contributed by atoms with Crippen molar-refractivity contribution in [3.63, 3.8) is 0 Å². The third-order valence-electron chi connectivity index (χ3n) is 9.39. The largest absolute Gasteiger partial charge is 0.497 e. The number of esters is 2. The molecular weight excluding hydrogens is 746 g/mol. The van der Waals surface area contributed by atoms with Crippen LogP contribution in [0.4, 0.5) is 5.69 Å². The van der Waals surface area contributed by atoms with Crippen LogP contribution < -0.4 is 10.5 Å². The summed E-state index contributed by atoms with van der Waals surface area (Å²) in [4.78, 5) is 38.5. The van der Waals surface area contributed by atoms with Crippen LogP contribution in [0.5, 0.6) is 5.75 Å². The van der Waals surface area contributed by atoms with E-state index in [1.807, 2.05) is 37.3 Å². The number of nitrogens with two attached hydrogens (primary N) is 1. The monoisotopic (exact) mass is 795 g/mol. The Kier molecular flexibility index (Phi) is 16.0. The highest BCUT2D eigenvalue weighted by Crippen LogP contribution is 2.30. The van der Waals surface area contributed by atoms with E-state index in [1.165, 1.54) is 39.0 Å². The number of carbonyl (C=O) groups excluding carboxylic acids is 3. The quantitative estimate of drug-likeness (QED) is 0.0763. The molecule has 9 nitrogen and oxygen atoms in total. The molecule has 4 aromatic rings. The van der Waals surface area contributed by atoms with Gasteiger partial charge in [-0.1, -0.05) is 37.8 Å². The van der Waals surface area contributed by atoms with E-state index in [0.717, 1.165) is 71.2 Å². The summed E-state index contributed by atoms with van der Waals surface area (Å²) in [7, 11) is 1.63. The van der Waals surface area contributed by atoms with Gasteiger partial charge in [0.15, 0.2) is 0 Å². The molecule has 0 unspecified atom stereocenters. The van der Waals surface area contributed by atoms with Gasteiger partial charge in [-0.2, -0.15) is 0 Å². The average molecular weight is 797 g/mol. The van der Waals surface area contributed by atoms with Crippen molar-refractivity contribution in [1.29, 1.82) is 0 Å². The molecule has 52 heavy (non-hydrogen) atoms. The predicted molar refractivity (Wildman–Crippen MR) is 211 cm³/mol. The maximum Gasteiger partial charge on any atom is 0.338 e. The summed E-state index contributed by atoms with van der Waals surface area (Å²) in [6, 6.07) is 18.8. The van der Waals surface area contributed by atoms with Gasteiger partial charge in [-0.15, -0.1) is 0 Å². The molecule has 0 aliphatic heterocycles. The van der Waals surface area contributed by atoms with E-state index in [-0.39, 0.29) is 17.8 Å². The van der Waals surface area contributed by atoms with Crippen LogP contribution in [-0.2, 0) is 20.8 Å². The molecule has 5 rings (SSSR count). The molecule has 0 atom stereocenters. The third kappa shape index (κ3) is 11.6. The van der Waals surface area contributed by atoms with Crippen LogP contribution in [0.2, 0.25) is 5.02 Å². The van der Waals surface area contributed by atoms with Crippen molar-refractivity contribution in [2.75, 3.05) is 32.6 Å². The first-order chi connectivity index (χ1) is 25.0. The molecule has 0 amide bonds. The molecule has 0 spiro atoms. The van der Waals surface area contributed by atoms with Crippen LogP contribution in [-0.4, -0.2) is 60.2 Å². The zero-order valence-electron chi connectivity index (χ0n) is 30.7. The number of hydrogen-bond donors (Lipinski definition) is 1. The first-order valence-electron chi connectivity index (χ1n) is 18.1. The standard InChI is InChI=1S/C24H37BrN2O4.C17H14ClNO2/c1-3-27(21-11-7-6-8-12-21)17-20-15-19(16-22(25)23(20)26)24(29)31-14-10-5-4-9-13-30-18(2)28;1-11-9-13-10-15(21-2)7-8-16(13)19(11)17(20)12-3-5-14(18)6-4-12/h15-16,21H,3-14,17,26H2,1-2H3;3-10H,1-2H3. The Morgan fingerprint density at radius 2 is 1.58 bits per heavy atom. The number of unbranched alkanes of at least 4 members (excludes halogenated alkanes) is 3. The molecule has 0 saturated heterocycles. The highest BCUT2D eigenvalue weighted by molar-refractivity contribution is 9.10. The fourth-order valence-electron chi connectivity index (χ4n) is 6.56. The molecule has 11 heteroatoms. The molecule has 1 aromatic heterocycles. The lowest BCUT2D eigenvalue weighted by Gasteiger charge is -2.34. The van der Waals surface area contributed by atoms with Gasteiger partial charge < -0.3 is 19.9 Å². The highest BCUT2D eigenvalue weighted by atomic mass is 79.9. The van der Waals surface area contributed by atoms with Crippen molar-refractivity contribution in [3.8, 4) is 5.75 Å². The van der Waals surface area contributed by atoms with Gasteiger partial charge in [0.2, 0.25) is 0 Å². The van der Waals surface area contributed by atoms with Gasteiger partial charge in [0.05, 0.1) is 37.1 Å². The smallest absolute Gasteiger partial charge is 0.338 e. The van der Waals surface area contributed by atoms with Crippen molar-refractivity contribution < 1.29 is 28.6 Å². The summed E-state index contributed by atoms with van der Waals surface area (Å²) in [6.45, 7) is 8.06. The van der Waals surface area contributed by atoms with Crippen molar-refractivity contribution in [2.24, 2.45) is 0 Å². The number of nitrogen functional groups attached to an aromatic ring is 1. The lowest BCUT2D eigenvalue weighted by molar-refractivity contribution is -0.141. The summed E-state index contributed by atoms with van der Waals surface area (Å²) >= 11 is 9.38. The molecule has 1 fully saturated rings. The van der Waals surface area contributed by atoms with E-state index < -0.39 is 0 Å². The molecule has 280 valence electrons. The molecule has 2 N–H and O–H groups in total. The van der Waals surface area contributed by atoms with E-state index in [0.29, 0.717) is 41.1 Å². The number of rotatable bonds is 14. The number of hydrogen-bond acceptors (Lipinski definition) is 8. The number of fused-ring (bicyclic) bond motifs is 1. The van der Waals surface area contributed by atoms with Gasteiger partial charge in [0.1, 0.15) is 5.75 Å². The lowest BCUT2D eigenvalue weighted by atomic mass is 9.93. The van der Waals surface area contributed by atoms with Crippen LogP contribution in [0, 0.1) is 6.92 Å². The number of benzene rings is 3. The number of nitrogens with zero attached hydrogens (tertiary/aromatic N) is 2. The second kappa shape index (κ2) is 20.4. The van der Waals surface area contributed by atoms with Gasteiger partial charge >= 0.3 is 11.9 Å². The minimum absolute atomic E-state index is 0.0654. The Hall–Kier alpha value is -3.86. The summed E-state index contributed by atoms with van der Waals surface area (Å²) in [5, 5.41) is 1.60. The SMILES string of the molecule is CCN(Cc1cc(C(=O)OCCCCCCOC(C)=O)cc(Br)c1N)C1CCCCC1.COc1ccc2c(c1)cc(C)n2C(=O)c1ccc(Cl)cc1. The highest BCUT2D eigenvalue weighted by Gasteiger charge is 2.22. The van der Waals surface area contributed by atoms with E-state index in [9.17, 15) is 14.4 Å². The Morgan fingerprint density at radius 3 is 2.21 bits per heavy atom.